The Balaban J connectivity index is 2.42. The zero-order valence-electron chi connectivity index (χ0n) is 10.5. The molecular weight excluding hydrogens is 242 g/mol. The first-order valence-corrected chi connectivity index (χ1v) is 6.03. The van der Waals surface area contributed by atoms with Gasteiger partial charge in [-0.1, -0.05) is 0 Å². The maximum atomic E-state index is 12.5. The molecule has 3 aromatic rings. The molecule has 0 aliphatic heterocycles. The fourth-order valence-corrected chi connectivity index (χ4v) is 2.14. The van der Waals surface area contributed by atoms with Crippen molar-refractivity contribution in [1.29, 1.82) is 0 Å². The molecule has 19 heavy (non-hydrogen) atoms. The number of fused-ring (bicyclic) bond motifs is 1. The third-order valence-corrected chi connectivity index (χ3v) is 3.06. The lowest BCUT2D eigenvalue weighted by Gasteiger charge is -2.09. The number of hydrogen-bond acceptors (Lipinski definition) is 4. The predicted octanol–water partition coefficient (Wildman–Crippen LogP) is 2.26. The largest absolute Gasteiger partial charge is 0.464 e. The number of hydrogen-bond donors (Lipinski definition) is 1. The van der Waals surface area contributed by atoms with Gasteiger partial charge in [0.2, 0.25) is 5.43 Å². The molecule has 0 aromatic carbocycles. The molecule has 0 bridgehead atoms. The molecule has 0 unspecified atom stereocenters. The number of nitrogens with two attached hydrogens (primary N) is 1. The van der Waals surface area contributed by atoms with Gasteiger partial charge in [0, 0.05) is 12.7 Å². The topological polar surface area (TPSA) is 74.0 Å². The van der Waals surface area contributed by atoms with Gasteiger partial charge in [0.25, 0.3) is 0 Å². The first-order chi connectivity index (χ1) is 9.20. The first kappa shape index (κ1) is 11.5. The number of rotatable bonds is 2. The molecule has 0 atom stereocenters. The van der Waals surface area contributed by atoms with Gasteiger partial charge in [-0.05, 0) is 25.1 Å². The average Bonchev–Trinajstić information content (AvgIpc) is 2.93. The number of anilines is 1. The summed E-state index contributed by atoms with van der Waals surface area (Å²) in [7, 11) is 0. The molecular formula is C14H13N3O2. The number of aryl methyl sites for hydroxylation is 1. The number of nitrogen functional groups attached to an aromatic ring is 1. The van der Waals surface area contributed by atoms with Crippen molar-refractivity contribution in [2.24, 2.45) is 0 Å². The summed E-state index contributed by atoms with van der Waals surface area (Å²) in [6, 6.07) is 5.18. The summed E-state index contributed by atoms with van der Waals surface area (Å²) in [6.45, 7) is 2.70. The molecule has 0 amide bonds. The van der Waals surface area contributed by atoms with Crippen LogP contribution in [0.25, 0.3) is 22.4 Å². The van der Waals surface area contributed by atoms with Crippen LogP contribution in [-0.2, 0) is 6.54 Å². The van der Waals surface area contributed by atoms with Gasteiger partial charge < -0.3 is 14.7 Å². The molecule has 0 aliphatic carbocycles. The highest BCUT2D eigenvalue weighted by Crippen LogP contribution is 2.20. The van der Waals surface area contributed by atoms with Gasteiger partial charge in [0.05, 0.1) is 29.1 Å². The Bertz CT molecular complexity index is 788. The van der Waals surface area contributed by atoms with Crippen LogP contribution in [0.2, 0.25) is 0 Å². The predicted molar refractivity (Wildman–Crippen MR) is 73.8 cm³/mol. The zero-order valence-corrected chi connectivity index (χ0v) is 10.5. The number of nitrogens with zero attached hydrogens (tertiary/aromatic N) is 2. The van der Waals surface area contributed by atoms with E-state index in [0.717, 1.165) is 0 Å². The lowest BCUT2D eigenvalue weighted by Crippen LogP contribution is -2.13. The van der Waals surface area contributed by atoms with E-state index in [9.17, 15) is 4.79 Å². The number of aromatic nitrogens is 2. The minimum absolute atomic E-state index is 0.116. The molecule has 3 rings (SSSR count). The minimum atomic E-state index is -0.116. The van der Waals surface area contributed by atoms with Crippen LogP contribution < -0.4 is 11.2 Å². The summed E-state index contributed by atoms with van der Waals surface area (Å²) >= 11 is 0. The molecule has 96 valence electrons. The van der Waals surface area contributed by atoms with Crippen LogP contribution >= 0.6 is 0 Å². The highest BCUT2D eigenvalue weighted by Gasteiger charge is 2.13. The summed E-state index contributed by atoms with van der Waals surface area (Å²) in [4.78, 5) is 16.7. The zero-order chi connectivity index (χ0) is 13.4. The van der Waals surface area contributed by atoms with Gasteiger partial charge >= 0.3 is 0 Å². The maximum absolute atomic E-state index is 12.5. The summed E-state index contributed by atoms with van der Waals surface area (Å²) in [5.74, 6) is 0.552. The van der Waals surface area contributed by atoms with Crippen molar-refractivity contribution in [3.63, 3.8) is 0 Å². The van der Waals surface area contributed by atoms with E-state index in [-0.39, 0.29) is 5.43 Å². The van der Waals surface area contributed by atoms with Gasteiger partial charge in [0.15, 0.2) is 0 Å². The van der Waals surface area contributed by atoms with Crippen LogP contribution in [0.3, 0.4) is 0 Å². The second kappa shape index (κ2) is 4.28. The van der Waals surface area contributed by atoms with Crippen molar-refractivity contribution in [3.05, 3.63) is 47.1 Å². The van der Waals surface area contributed by atoms with Gasteiger partial charge in [-0.3, -0.25) is 4.79 Å². The number of pyridine rings is 2. The fourth-order valence-electron chi connectivity index (χ4n) is 2.14. The van der Waals surface area contributed by atoms with E-state index in [4.69, 9.17) is 10.2 Å². The van der Waals surface area contributed by atoms with Crippen LogP contribution in [0.4, 0.5) is 5.69 Å². The molecule has 5 heteroatoms. The minimum Gasteiger partial charge on any atom is -0.464 e. The molecule has 3 aromatic heterocycles. The molecule has 0 saturated carbocycles. The highest BCUT2D eigenvalue weighted by atomic mass is 16.3. The summed E-state index contributed by atoms with van der Waals surface area (Å²) in [6.07, 6.45) is 4.88. The van der Waals surface area contributed by atoms with Gasteiger partial charge in [-0.25, -0.2) is 4.98 Å². The molecule has 0 saturated heterocycles. The summed E-state index contributed by atoms with van der Waals surface area (Å²) in [5.41, 5.74) is 7.23. The summed E-state index contributed by atoms with van der Waals surface area (Å²) < 4.78 is 7.22. The van der Waals surface area contributed by atoms with Crippen molar-refractivity contribution in [2.45, 2.75) is 13.5 Å². The van der Waals surface area contributed by atoms with Crippen molar-refractivity contribution >= 4 is 16.7 Å². The lowest BCUT2D eigenvalue weighted by molar-refractivity contribution is 0.581. The van der Waals surface area contributed by atoms with E-state index < -0.39 is 0 Å². The smallest absolute Gasteiger partial charge is 0.202 e. The normalized spacial score (nSPS) is 11.0. The Hall–Kier alpha value is -2.56. The second-order valence-electron chi connectivity index (χ2n) is 4.28. The van der Waals surface area contributed by atoms with E-state index in [0.29, 0.717) is 34.6 Å². The quantitative estimate of drug-likeness (QED) is 0.762. The van der Waals surface area contributed by atoms with E-state index in [1.54, 1.807) is 36.9 Å². The molecule has 3 heterocycles. The Kier molecular flexibility index (Phi) is 2.59. The van der Waals surface area contributed by atoms with Gasteiger partial charge in [-0.2, -0.15) is 0 Å². The van der Waals surface area contributed by atoms with Gasteiger partial charge in [-0.15, -0.1) is 0 Å². The second-order valence-corrected chi connectivity index (χ2v) is 4.28. The third-order valence-electron chi connectivity index (χ3n) is 3.06. The Morgan fingerprint density at radius 1 is 1.47 bits per heavy atom. The van der Waals surface area contributed by atoms with Crippen LogP contribution in [-0.4, -0.2) is 9.55 Å². The third kappa shape index (κ3) is 1.79. The Morgan fingerprint density at radius 2 is 2.32 bits per heavy atom. The molecule has 5 nitrogen and oxygen atoms in total. The maximum Gasteiger partial charge on any atom is 0.202 e. The van der Waals surface area contributed by atoms with Crippen molar-refractivity contribution in [3.8, 4) is 11.3 Å². The fraction of sp³-hybridized carbons (Fsp3) is 0.143. The molecule has 0 aliphatic rings. The van der Waals surface area contributed by atoms with E-state index in [1.165, 1.54) is 0 Å². The van der Waals surface area contributed by atoms with Crippen LogP contribution in [0.5, 0.6) is 0 Å². The van der Waals surface area contributed by atoms with Crippen LogP contribution in [0.15, 0.2) is 46.1 Å². The van der Waals surface area contributed by atoms with Crippen molar-refractivity contribution < 1.29 is 4.42 Å². The van der Waals surface area contributed by atoms with E-state index in [1.807, 2.05) is 11.5 Å². The SMILES string of the molecule is CCn1cc(-c2ccco2)c(=O)c2cc(N)cnc21. The van der Waals surface area contributed by atoms with Crippen LogP contribution in [0.1, 0.15) is 6.92 Å². The highest BCUT2D eigenvalue weighted by molar-refractivity contribution is 5.82. The van der Waals surface area contributed by atoms with Gasteiger partial charge in [0.1, 0.15) is 11.4 Å². The average molecular weight is 255 g/mol. The Labute approximate surface area is 109 Å². The van der Waals surface area contributed by atoms with E-state index >= 15 is 0 Å². The van der Waals surface area contributed by atoms with E-state index in [2.05, 4.69) is 4.98 Å². The molecule has 0 radical (unpaired) electrons. The molecule has 0 spiro atoms. The summed E-state index contributed by atoms with van der Waals surface area (Å²) in [5, 5.41) is 0.510. The molecule has 2 N–H and O–H groups in total. The Morgan fingerprint density at radius 3 is 3.00 bits per heavy atom. The standard InChI is InChI=1S/C14H13N3O2/c1-2-17-8-11(12-4-3-5-19-12)13(18)10-6-9(15)7-16-14(10)17/h3-8H,2,15H2,1H3. The van der Waals surface area contributed by atoms with Crippen molar-refractivity contribution in [1.82, 2.24) is 9.55 Å². The lowest BCUT2D eigenvalue weighted by atomic mass is 10.1. The number of furan rings is 1. The first-order valence-electron chi connectivity index (χ1n) is 6.03. The van der Waals surface area contributed by atoms with Crippen molar-refractivity contribution in [2.75, 3.05) is 5.73 Å². The monoisotopic (exact) mass is 255 g/mol. The van der Waals surface area contributed by atoms with Crippen LogP contribution in [0, 0.1) is 0 Å². The molecule has 0 fully saturated rings.